The fourth-order valence-corrected chi connectivity index (χ4v) is 3.46. The van der Waals surface area contributed by atoms with E-state index in [1.54, 1.807) is 0 Å². The van der Waals surface area contributed by atoms with E-state index >= 15 is 0 Å². The third-order valence-corrected chi connectivity index (χ3v) is 4.64. The van der Waals surface area contributed by atoms with Crippen molar-refractivity contribution in [3.05, 3.63) is 10.4 Å². The van der Waals surface area contributed by atoms with Crippen molar-refractivity contribution in [2.24, 2.45) is 16.9 Å². The first kappa shape index (κ1) is 13.7. The van der Waals surface area contributed by atoms with Gasteiger partial charge in [-0.2, -0.15) is 0 Å². The summed E-state index contributed by atoms with van der Waals surface area (Å²) in [4.78, 5) is 25.2. The number of primary amides is 2. The summed E-state index contributed by atoms with van der Waals surface area (Å²) in [5, 5.41) is 0.657. The van der Waals surface area contributed by atoms with Gasteiger partial charge in [0.15, 0.2) is 0 Å². The number of nitrogens with zero attached hydrogens (tertiary/aromatic N) is 1. The molecule has 0 aliphatic carbocycles. The van der Waals surface area contributed by atoms with Crippen molar-refractivity contribution in [2.45, 2.75) is 20.3 Å². The van der Waals surface area contributed by atoms with Crippen molar-refractivity contribution >= 4 is 33.8 Å². The largest absolute Gasteiger partial charge is 0.397 e. The lowest BCUT2D eigenvalue weighted by Gasteiger charge is -2.20. The number of hydrogen-bond donors (Lipinski definition) is 3. The molecule has 1 aromatic rings. The topological polar surface area (TPSA) is 115 Å². The molecule has 1 fully saturated rings. The molecule has 104 valence electrons. The summed E-state index contributed by atoms with van der Waals surface area (Å²) < 4.78 is 0. The summed E-state index contributed by atoms with van der Waals surface area (Å²) in [6.07, 6.45) is 1.01. The Labute approximate surface area is 115 Å². The van der Waals surface area contributed by atoms with Gasteiger partial charge in [0.1, 0.15) is 9.88 Å². The first-order chi connectivity index (χ1) is 8.73. The number of hydrogen-bond acceptors (Lipinski definition) is 5. The van der Waals surface area contributed by atoms with Crippen LogP contribution in [0.4, 0.5) is 10.7 Å². The maximum atomic E-state index is 11.6. The lowest BCUT2D eigenvalue weighted by atomic mass is 9.93. The quantitative estimate of drug-likeness (QED) is 0.759. The second-order valence-corrected chi connectivity index (χ2v) is 6.59. The van der Waals surface area contributed by atoms with Crippen molar-refractivity contribution in [1.29, 1.82) is 0 Å². The minimum atomic E-state index is -0.630. The average molecular weight is 282 g/mol. The summed E-state index contributed by atoms with van der Waals surface area (Å²) in [6.45, 7) is 5.92. The molecule has 1 saturated heterocycles. The van der Waals surface area contributed by atoms with Gasteiger partial charge in [-0.1, -0.05) is 13.8 Å². The Kier molecular flexibility index (Phi) is 3.17. The van der Waals surface area contributed by atoms with E-state index in [2.05, 4.69) is 13.8 Å². The average Bonchev–Trinajstić information content (AvgIpc) is 2.78. The number of carbonyl (C=O) groups excluding carboxylic acids is 2. The van der Waals surface area contributed by atoms with Crippen LogP contribution in [0.25, 0.3) is 0 Å². The van der Waals surface area contributed by atoms with Crippen molar-refractivity contribution in [3.8, 4) is 0 Å². The van der Waals surface area contributed by atoms with Crippen LogP contribution in [0.2, 0.25) is 0 Å². The summed E-state index contributed by atoms with van der Waals surface area (Å²) in [7, 11) is 0. The van der Waals surface area contributed by atoms with E-state index in [9.17, 15) is 9.59 Å². The SMILES string of the molecule is CC1(C)CCN(c2sc(C(N)=O)c(N)c2C(N)=O)C1. The molecule has 1 aliphatic heterocycles. The standard InChI is InChI=1S/C12H18N4O2S/c1-12(2)3-4-16(5-12)11-6(9(14)17)7(13)8(19-11)10(15)18/h3-5,13H2,1-2H3,(H2,14,17)(H2,15,18). The highest BCUT2D eigenvalue weighted by Crippen LogP contribution is 2.42. The van der Waals surface area contributed by atoms with Crippen LogP contribution >= 0.6 is 11.3 Å². The van der Waals surface area contributed by atoms with Gasteiger partial charge in [0.25, 0.3) is 11.8 Å². The third kappa shape index (κ3) is 2.37. The molecule has 0 spiro atoms. The zero-order chi connectivity index (χ0) is 14.4. The summed E-state index contributed by atoms with van der Waals surface area (Å²) in [5.41, 5.74) is 17.0. The highest BCUT2D eigenvalue weighted by Gasteiger charge is 2.34. The van der Waals surface area contributed by atoms with Gasteiger partial charge < -0.3 is 22.1 Å². The van der Waals surface area contributed by atoms with E-state index in [0.717, 1.165) is 30.8 Å². The molecule has 2 rings (SSSR count). The maximum Gasteiger partial charge on any atom is 0.260 e. The minimum Gasteiger partial charge on any atom is -0.397 e. The van der Waals surface area contributed by atoms with Crippen molar-refractivity contribution in [2.75, 3.05) is 23.7 Å². The Balaban J connectivity index is 2.48. The van der Waals surface area contributed by atoms with Gasteiger partial charge in [-0.05, 0) is 11.8 Å². The van der Waals surface area contributed by atoms with E-state index in [4.69, 9.17) is 17.2 Å². The van der Waals surface area contributed by atoms with E-state index in [1.807, 2.05) is 4.90 Å². The fraction of sp³-hybridized carbons (Fsp3) is 0.500. The zero-order valence-corrected chi connectivity index (χ0v) is 11.8. The maximum absolute atomic E-state index is 11.6. The first-order valence-corrected chi connectivity index (χ1v) is 6.81. The van der Waals surface area contributed by atoms with E-state index < -0.39 is 11.8 Å². The Morgan fingerprint density at radius 1 is 1.26 bits per heavy atom. The smallest absolute Gasteiger partial charge is 0.260 e. The molecule has 1 aliphatic rings. The van der Waals surface area contributed by atoms with Crippen LogP contribution in [0.15, 0.2) is 0 Å². The molecule has 7 heteroatoms. The monoisotopic (exact) mass is 282 g/mol. The van der Waals surface area contributed by atoms with Crippen LogP contribution in [0.1, 0.15) is 40.3 Å². The van der Waals surface area contributed by atoms with E-state index in [1.165, 1.54) is 0 Å². The molecule has 0 atom stereocenters. The second-order valence-electron chi connectivity index (χ2n) is 5.59. The lowest BCUT2D eigenvalue weighted by molar-refractivity contribution is 0.0999. The number of amides is 2. The van der Waals surface area contributed by atoms with Crippen molar-refractivity contribution in [3.63, 3.8) is 0 Å². The number of nitrogens with two attached hydrogens (primary N) is 3. The Hall–Kier alpha value is -1.76. The number of anilines is 2. The van der Waals surface area contributed by atoms with E-state index in [0.29, 0.717) is 5.00 Å². The van der Waals surface area contributed by atoms with E-state index in [-0.39, 0.29) is 21.5 Å². The molecule has 1 aromatic heterocycles. The van der Waals surface area contributed by atoms with Crippen molar-refractivity contribution < 1.29 is 9.59 Å². The lowest BCUT2D eigenvalue weighted by Crippen LogP contribution is -2.25. The Morgan fingerprint density at radius 2 is 1.89 bits per heavy atom. The van der Waals surface area contributed by atoms with Crippen LogP contribution in [0, 0.1) is 5.41 Å². The molecule has 0 bridgehead atoms. The molecule has 0 unspecified atom stereocenters. The van der Waals surface area contributed by atoms with Gasteiger partial charge in [-0.3, -0.25) is 9.59 Å². The molecule has 2 amide bonds. The summed E-state index contributed by atoms with van der Waals surface area (Å²) >= 11 is 1.15. The van der Waals surface area contributed by atoms with Crippen LogP contribution in [-0.2, 0) is 0 Å². The minimum absolute atomic E-state index is 0.102. The van der Waals surface area contributed by atoms with Crippen LogP contribution in [0.3, 0.4) is 0 Å². The van der Waals surface area contributed by atoms with Gasteiger partial charge in [-0.25, -0.2) is 0 Å². The molecule has 0 aromatic carbocycles. The third-order valence-electron chi connectivity index (χ3n) is 3.36. The molecule has 6 nitrogen and oxygen atoms in total. The highest BCUT2D eigenvalue weighted by molar-refractivity contribution is 7.19. The Bertz CT molecular complexity index is 550. The fourth-order valence-electron chi connectivity index (χ4n) is 2.36. The predicted octanol–water partition coefficient (Wildman–Crippen LogP) is 0.764. The second kappa shape index (κ2) is 4.41. The predicted molar refractivity (Wildman–Crippen MR) is 76.4 cm³/mol. The van der Waals surface area contributed by atoms with Crippen LogP contribution < -0.4 is 22.1 Å². The number of carbonyl (C=O) groups is 2. The van der Waals surface area contributed by atoms with Gasteiger partial charge in [0.05, 0.1) is 11.3 Å². The molecule has 0 saturated carbocycles. The van der Waals surface area contributed by atoms with Crippen LogP contribution in [-0.4, -0.2) is 24.9 Å². The number of thiophene rings is 1. The Morgan fingerprint density at radius 3 is 2.32 bits per heavy atom. The van der Waals surface area contributed by atoms with Crippen LogP contribution in [0.5, 0.6) is 0 Å². The summed E-state index contributed by atoms with van der Waals surface area (Å²) in [6, 6.07) is 0. The zero-order valence-electron chi connectivity index (χ0n) is 11.0. The molecular formula is C12H18N4O2S. The number of rotatable bonds is 3. The number of nitrogen functional groups attached to an aromatic ring is 1. The van der Waals surface area contributed by atoms with Gasteiger partial charge in [-0.15, -0.1) is 11.3 Å². The molecule has 0 radical (unpaired) electrons. The molecule has 2 heterocycles. The van der Waals surface area contributed by atoms with Gasteiger partial charge in [0.2, 0.25) is 0 Å². The molecule has 6 N–H and O–H groups in total. The molecule has 19 heavy (non-hydrogen) atoms. The van der Waals surface area contributed by atoms with Gasteiger partial charge >= 0.3 is 0 Å². The van der Waals surface area contributed by atoms with Gasteiger partial charge in [0, 0.05) is 13.1 Å². The molecular weight excluding hydrogens is 264 g/mol. The first-order valence-electron chi connectivity index (χ1n) is 6.00. The van der Waals surface area contributed by atoms with Crippen molar-refractivity contribution in [1.82, 2.24) is 0 Å². The highest BCUT2D eigenvalue weighted by atomic mass is 32.1. The normalized spacial score (nSPS) is 17.7. The summed E-state index contributed by atoms with van der Waals surface area (Å²) in [5.74, 6) is -1.25.